The van der Waals surface area contributed by atoms with Crippen molar-refractivity contribution in [1.29, 1.82) is 0 Å². The average Bonchev–Trinajstić information content (AvgIpc) is 3.26. The van der Waals surface area contributed by atoms with Crippen LogP contribution in [0, 0.1) is 0 Å². The molecule has 5 rings (SSSR count). The van der Waals surface area contributed by atoms with Gasteiger partial charge in [0.05, 0.1) is 0 Å². The van der Waals surface area contributed by atoms with E-state index >= 15 is 0 Å². The van der Waals surface area contributed by atoms with Gasteiger partial charge in [-0.25, -0.2) is 0 Å². The number of ether oxygens (including phenoxy) is 2. The Labute approximate surface area is 186 Å². The van der Waals surface area contributed by atoms with Crippen molar-refractivity contribution in [2.24, 2.45) is 0 Å². The SMILES string of the molecule is O=C1[C@H](c2ccc(Cl)cc2)N(Cc2ccc3c(c2)OCO3)C(=O)CN1C1CCCCC1. The lowest BCUT2D eigenvalue weighted by Crippen LogP contribution is -2.58. The lowest BCUT2D eigenvalue weighted by atomic mass is 9.91. The summed E-state index contributed by atoms with van der Waals surface area (Å²) in [5.74, 6) is 1.32. The summed E-state index contributed by atoms with van der Waals surface area (Å²) in [6, 6.07) is 12.4. The Morgan fingerprint density at radius 3 is 2.45 bits per heavy atom. The number of benzene rings is 2. The van der Waals surface area contributed by atoms with Crippen molar-refractivity contribution in [1.82, 2.24) is 9.80 Å². The minimum atomic E-state index is -0.661. The van der Waals surface area contributed by atoms with Crippen molar-refractivity contribution in [3.05, 3.63) is 58.6 Å². The number of carbonyl (C=O) groups excluding carboxylic acids is 2. The van der Waals surface area contributed by atoms with Crippen LogP contribution in [0.2, 0.25) is 5.02 Å². The van der Waals surface area contributed by atoms with Crippen LogP contribution in [0.3, 0.4) is 0 Å². The van der Waals surface area contributed by atoms with Crippen molar-refractivity contribution < 1.29 is 19.1 Å². The van der Waals surface area contributed by atoms with Gasteiger partial charge in [0.25, 0.3) is 5.91 Å². The van der Waals surface area contributed by atoms with E-state index in [9.17, 15) is 9.59 Å². The van der Waals surface area contributed by atoms with E-state index in [1.165, 1.54) is 6.42 Å². The van der Waals surface area contributed by atoms with Gasteiger partial charge in [-0.3, -0.25) is 9.59 Å². The van der Waals surface area contributed by atoms with Crippen molar-refractivity contribution in [2.45, 2.75) is 50.7 Å². The molecule has 2 heterocycles. The third kappa shape index (κ3) is 3.97. The van der Waals surface area contributed by atoms with Crippen LogP contribution < -0.4 is 9.47 Å². The summed E-state index contributed by atoms with van der Waals surface area (Å²) in [7, 11) is 0. The Kier molecular flexibility index (Phi) is 5.48. The number of rotatable bonds is 4. The molecular formula is C24H25ClN2O4. The molecule has 162 valence electrons. The third-order valence-corrected chi connectivity index (χ3v) is 6.70. The van der Waals surface area contributed by atoms with Gasteiger partial charge in [-0.1, -0.05) is 49.1 Å². The van der Waals surface area contributed by atoms with Gasteiger partial charge in [-0.15, -0.1) is 0 Å². The van der Waals surface area contributed by atoms with E-state index in [0.29, 0.717) is 23.1 Å². The maximum absolute atomic E-state index is 13.7. The minimum absolute atomic E-state index is 0.00503. The van der Waals surface area contributed by atoms with Crippen LogP contribution in [0.1, 0.15) is 49.3 Å². The van der Waals surface area contributed by atoms with Crippen molar-refractivity contribution in [2.75, 3.05) is 13.3 Å². The molecule has 2 fully saturated rings. The summed E-state index contributed by atoms with van der Waals surface area (Å²) in [5.41, 5.74) is 1.68. The fourth-order valence-corrected chi connectivity index (χ4v) is 4.96. The zero-order valence-electron chi connectivity index (χ0n) is 17.3. The second-order valence-corrected chi connectivity index (χ2v) is 8.86. The number of piperazine rings is 1. The van der Waals surface area contributed by atoms with Crippen LogP contribution in [-0.2, 0) is 16.1 Å². The first-order valence-corrected chi connectivity index (χ1v) is 11.2. The largest absolute Gasteiger partial charge is 0.454 e. The van der Waals surface area contributed by atoms with Gasteiger partial charge in [-0.05, 0) is 48.2 Å². The highest BCUT2D eigenvalue weighted by Gasteiger charge is 2.43. The van der Waals surface area contributed by atoms with Crippen molar-refractivity contribution >= 4 is 23.4 Å². The molecule has 0 unspecified atom stereocenters. The number of amides is 2. The molecule has 6 nitrogen and oxygen atoms in total. The van der Waals surface area contributed by atoms with Gasteiger partial charge < -0.3 is 19.3 Å². The number of nitrogens with zero attached hydrogens (tertiary/aromatic N) is 2. The number of halogens is 1. The molecule has 7 heteroatoms. The predicted molar refractivity (Wildman–Crippen MR) is 116 cm³/mol. The summed E-state index contributed by atoms with van der Waals surface area (Å²) < 4.78 is 10.9. The van der Waals surface area contributed by atoms with E-state index in [2.05, 4.69) is 0 Å². The van der Waals surface area contributed by atoms with Crippen LogP contribution >= 0.6 is 11.6 Å². The molecular weight excluding hydrogens is 416 g/mol. The molecule has 1 aliphatic carbocycles. The van der Waals surface area contributed by atoms with Gasteiger partial charge >= 0.3 is 0 Å². The van der Waals surface area contributed by atoms with Gasteiger partial charge in [0.1, 0.15) is 12.6 Å². The molecule has 2 aliphatic heterocycles. The average molecular weight is 441 g/mol. The van der Waals surface area contributed by atoms with E-state index in [0.717, 1.165) is 36.8 Å². The van der Waals surface area contributed by atoms with Crippen LogP contribution in [-0.4, -0.2) is 41.0 Å². The maximum Gasteiger partial charge on any atom is 0.250 e. The predicted octanol–water partition coefficient (Wildman–Crippen LogP) is 4.31. The Morgan fingerprint density at radius 2 is 1.68 bits per heavy atom. The summed E-state index contributed by atoms with van der Waals surface area (Å²) in [6.45, 7) is 0.662. The Morgan fingerprint density at radius 1 is 0.935 bits per heavy atom. The zero-order chi connectivity index (χ0) is 21.4. The minimum Gasteiger partial charge on any atom is -0.454 e. The normalized spacial score (nSPS) is 21.6. The topological polar surface area (TPSA) is 59.1 Å². The second-order valence-electron chi connectivity index (χ2n) is 8.42. The van der Waals surface area contributed by atoms with E-state index in [1.54, 1.807) is 17.0 Å². The molecule has 0 spiro atoms. The van der Waals surface area contributed by atoms with Gasteiger partial charge in [-0.2, -0.15) is 0 Å². The van der Waals surface area contributed by atoms with E-state index < -0.39 is 6.04 Å². The fraction of sp³-hybridized carbons (Fsp3) is 0.417. The summed E-state index contributed by atoms with van der Waals surface area (Å²) in [4.78, 5) is 30.5. The Bertz CT molecular complexity index is 988. The van der Waals surface area contributed by atoms with E-state index in [4.69, 9.17) is 21.1 Å². The quantitative estimate of drug-likeness (QED) is 0.710. The summed E-state index contributed by atoms with van der Waals surface area (Å²) in [6.07, 6.45) is 5.34. The number of hydrogen-bond donors (Lipinski definition) is 0. The van der Waals surface area contributed by atoms with E-state index in [-0.39, 0.29) is 31.2 Å². The number of fused-ring (bicyclic) bond motifs is 1. The molecule has 0 bridgehead atoms. The van der Waals surface area contributed by atoms with Crippen LogP contribution in [0.4, 0.5) is 0 Å². The highest BCUT2D eigenvalue weighted by Crippen LogP contribution is 2.36. The molecule has 1 saturated carbocycles. The van der Waals surface area contributed by atoms with E-state index in [1.807, 2.05) is 35.2 Å². The monoisotopic (exact) mass is 440 g/mol. The lowest BCUT2D eigenvalue weighted by Gasteiger charge is -2.44. The van der Waals surface area contributed by atoms with Crippen LogP contribution in [0.25, 0.3) is 0 Å². The smallest absolute Gasteiger partial charge is 0.250 e. The molecule has 0 aromatic heterocycles. The molecule has 1 saturated heterocycles. The molecule has 3 aliphatic rings. The fourth-order valence-electron chi connectivity index (χ4n) is 4.83. The maximum atomic E-state index is 13.7. The molecule has 2 aromatic rings. The second kappa shape index (κ2) is 8.42. The Hall–Kier alpha value is -2.73. The lowest BCUT2D eigenvalue weighted by molar-refractivity contribution is -0.160. The van der Waals surface area contributed by atoms with Crippen LogP contribution in [0.15, 0.2) is 42.5 Å². The van der Waals surface area contributed by atoms with Gasteiger partial charge in [0.15, 0.2) is 11.5 Å². The van der Waals surface area contributed by atoms with Crippen LogP contribution in [0.5, 0.6) is 11.5 Å². The van der Waals surface area contributed by atoms with Gasteiger partial charge in [0, 0.05) is 17.6 Å². The summed E-state index contributed by atoms with van der Waals surface area (Å²) >= 11 is 6.08. The van der Waals surface area contributed by atoms with Crippen molar-refractivity contribution in [3.8, 4) is 11.5 Å². The highest BCUT2D eigenvalue weighted by atomic mass is 35.5. The van der Waals surface area contributed by atoms with Gasteiger partial charge in [0.2, 0.25) is 12.7 Å². The third-order valence-electron chi connectivity index (χ3n) is 6.45. The molecule has 0 N–H and O–H groups in total. The standard InChI is InChI=1S/C24H25ClN2O4/c25-18-9-7-17(8-10-18)23-24(29)26(19-4-2-1-3-5-19)14-22(28)27(23)13-16-6-11-20-21(12-16)31-15-30-20/h6-12,19,23H,1-5,13-15H2/t23-/m0/s1. The first-order chi connectivity index (χ1) is 15.1. The summed E-state index contributed by atoms with van der Waals surface area (Å²) in [5, 5.41) is 0.602. The number of hydrogen-bond acceptors (Lipinski definition) is 4. The molecule has 31 heavy (non-hydrogen) atoms. The first-order valence-electron chi connectivity index (χ1n) is 10.8. The Balaban J connectivity index is 1.47. The molecule has 2 amide bonds. The number of carbonyl (C=O) groups is 2. The zero-order valence-corrected chi connectivity index (χ0v) is 18.0. The first kappa shape index (κ1) is 20.2. The molecule has 0 radical (unpaired) electrons. The van der Waals surface area contributed by atoms with Crippen molar-refractivity contribution in [3.63, 3.8) is 0 Å². The highest BCUT2D eigenvalue weighted by molar-refractivity contribution is 6.30. The molecule has 2 aromatic carbocycles. The molecule has 1 atom stereocenters.